The summed E-state index contributed by atoms with van der Waals surface area (Å²) in [7, 11) is -3.80. The van der Waals surface area contributed by atoms with Crippen LogP contribution in [-0.2, 0) is 4.57 Å². The fourth-order valence-electron chi connectivity index (χ4n) is 1.11. The largest absolute Gasteiger partial charge is 1.00 e. The number of benzene rings is 1. The first-order valence-corrected chi connectivity index (χ1v) is 7.22. The molecule has 108 valence electrons. The first-order chi connectivity index (χ1) is 9.12. The maximum atomic E-state index is 11.1. The summed E-state index contributed by atoms with van der Waals surface area (Å²) < 4.78 is 11.1. The van der Waals surface area contributed by atoms with Crippen LogP contribution in [0.15, 0.2) is 23.3 Å². The second kappa shape index (κ2) is 7.62. The average molecular weight is 324 g/mol. The Morgan fingerprint density at radius 2 is 1.86 bits per heavy atom. The molecule has 12 heteroatoms. The topological polar surface area (TPSA) is 151 Å². The molecule has 1 rings (SSSR count). The quantitative estimate of drug-likeness (QED) is 0.228. The van der Waals surface area contributed by atoms with Crippen molar-refractivity contribution >= 4 is 29.9 Å². The van der Waals surface area contributed by atoms with Crippen LogP contribution in [0.25, 0.3) is 0 Å². The number of hydrazone groups is 1. The van der Waals surface area contributed by atoms with Gasteiger partial charge in [0.2, 0.25) is 0 Å². The molecule has 0 saturated carbocycles. The van der Waals surface area contributed by atoms with Crippen LogP contribution in [0, 0.1) is 20.2 Å². The van der Waals surface area contributed by atoms with E-state index in [1.165, 1.54) is 6.92 Å². The van der Waals surface area contributed by atoms with Gasteiger partial charge in [-0.1, -0.05) is 0 Å². The van der Waals surface area contributed by atoms with Crippen LogP contribution in [0.5, 0.6) is 0 Å². The summed E-state index contributed by atoms with van der Waals surface area (Å²) in [5, 5.41) is 24.9. The van der Waals surface area contributed by atoms with Crippen molar-refractivity contribution in [3.63, 3.8) is 0 Å². The summed E-state index contributed by atoms with van der Waals surface area (Å²) in [4.78, 5) is 30.9. The van der Waals surface area contributed by atoms with Crippen molar-refractivity contribution in [2.24, 2.45) is 5.10 Å². The fraction of sp³-hybridized carbons (Fsp3) is 0.222. The molecular weight excluding hydrogens is 314 g/mol. The molecule has 0 aliphatic rings. The molecular formula is C9H10N4NaO6P. The Bertz CT molecular complexity index is 643. The van der Waals surface area contributed by atoms with Gasteiger partial charge in [0.05, 0.1) is 28.7 Å². The van der Waals surface area contributed by atoms with Gasteiger partial charge in [-0.05, 0) is 19.7 Å². The van der Waals surface area contributed by atoms with Crippen LogP contribution in [0.3, 0.4) is 0 Å². The van der Waals surface area contributed by atoms with Crippen LogP contribution in [-0.4, -0.2) is 22.0 Å². The second-order valence-corrected chi connectivity index (χ2v) is 6.17. The monoisotopic (exact) mass is 324 g/mol. The summed E-state index contributed by atoms with van der Waals surface area (Å²) in [6.45, 7) is 2.18. The standard InChI is InChI=1S/C9H11N4O6P.Na/c1-6(20(2,18)19)10-11-8-4-3-7(12(14)15)5-9(8)13(16)17;/h3-5,11H,1-2H3,(H,18,19);/q;+1/p-1. The van der Waals surface area contributed by atoms with Gasteiger partial charge in [0, 0.05) is 6.07 Å². The van der Waals surface area contributed by atoms with Crippen molar-refractivity contribution in [2.75, 3.05) is 12.1 Å². The van der Waals surface area contributed by atoms with Gasteiger partial charge in [-0.15, -0.1) is 0 Å². The minimum atomic E-state index is -3.80. The van der Waals surface area contributed by atoms with Crippen LogP contribution in [0.4, 0.5) is 17.1 Å². The van der Waals surface area contributed by atoms with E-state index in [9.17, 15) is 29.7 Å². The zero-order valence-corrected chi connectivity index (χ0v) is 14.4. The van der Waals surface area contributed by atoms with Crippen LogP contribution in [0.1, 0.15) is 6.92 Å². The molecule has 0 radical (unpaired) electrons. The van der Waals surface area contributed by atoms with Gasteiger partial charge < -0.3 is 9.46 Å². The smallest absolute Gasteiger partial charge is 0.795 e. The van der Waals surface area contributed by atoms with Crippen molar-refractivity contribution < 1.29 is 48.9 Å². The van der Waals surface area contributed by atoms with Crippen molar-refractivity contribution in [2.45, 2.75) is 6.92 Å². The second-order valence-electron chi connectivity index (χ2n) is 3.83. The third kappa shape index (κ3) is 5.52. The zero-order chi connectivity index (χ0) is 15.5. The van der Waals surface area contributed by atoms with Gasteiger partial charge >= 0.3 is 35.2 Å². The maximum absolute atomic E-state index is 11.1. The van der Waals surface area contributed by atoms with Gasteiger partial charge in [-0.25, -0.2) is 0 Å². The molecule has 0 aliphatic carbocycles. The Kier molecular flexibility index (Phi) is 7.14. The molecule has 10 nitrogen and oxygen atoms in total. The minimum absolute atomic E-state index is 0. The predicted molar refractivity (Wildman–Crippen MR) is 70.0 cm³/mol. The molecule has 21 heavy (non-hydrogen) atoms. The molecule has 0 heterocycles. The molecule has 0 aliphatic heterocycles. The minimum Gasteiger partial charge on any atom is -0.795 e. The predicted octanol–water partition coefficient (Wildman–Crippen LogP) is -1.48. The van der Waals surface area contributed by atoms with E-state index in [2.05, 4.69) is 10.5 Å². The van der Waals surface area contributed by atoms with Gasteiger partial charge in [0.15, 0.2) is 0 Å². The van der Waals surface area contributed by atoms with E-state index in [1.807, 2.05) is 0 Å². The number of hydrogen-bond donors (Lipinski definition) is 1. The van der Waals surface area contributed by atoms with Crippen molar-refractivity contribution in [3.05, 3.63) is 38.4 Å². The van der Waals surface area contributed by atoms with E-state index in [1.54, 1.807) is 0 Å². The van der Waals surface area contributed by atoms with Crippen molar-refractivity contribution in [3.8, 4) is 0 Å². The van der Waals surface area contributed by atoms with Crippen molar-refractivity contribution in [1.82, 2.24) is 0 Å². The number of nitrogens with one attached hydrogen (secondary N) is 1. The third-order valence-electron chi connectivity index (χ3n) is 2.31. The molecule has 0 aromatic heterocycles. The normalized spacial score (nSPS) is 13.8. The first-order valence-electron chi connectivity index (χ1n) is 5.15. The Balaban J connectivity index is 0.00000400. The molecule has 0 spiro atoms. The Hall–Kier alpha value is -1.32. The number of nitro groups is 2. The molecule has 0 saturated heterocycles. The molecule has 1 aromatic rings. The fourth-order valence-corrected chi connectivity index (χ4v) is 1.34. The summed E-state index contributed by atoms with van der Waals surface area (Å²) in [6.07, 6.45) is 0. The maximum Gasteiger partial charge on any atom is 1.00 e. The van der Waals surface area contributed by atoms with Crippen LogP contribution < -0.4 is 39.9 Å². The molecule has 1 atom stereocenters. The van der Waals surface area contributed by atoms with E-state index in [0.717, 1.165) is 24.9 Å². The van der Waals surface area contributed by atoms with Gasteiger partial charge in [0.25, 0.3) is 5.69 Å². The van der Waals surface area contributed by atoms with E-state index in [0.29, 0.717) is 0 Å². The average Bonchev–Trinajstić information content (AvgIpc) is 2.34. The van der Waals surface area contributed by atoms with E-state index in [-0.39, 0.29) is 40.7 Å². The summed E-state index contributed by atoms with van der Waals surface area (Å²) in [5.74, 6) is 0. The summed E-state index contributed by atoms with van der Waals surface area (Å²) >= 11 is 0. The Morgan fingerprint density at radius 1 is 1.29 bits per heavy atom. The number of hydrogen-bond acceptors (Lipinski definition) is 8. The molecule has 0 bridgehead atoms. The molecule has 1 aromatic carbocycles. The van der Waals surface area contributed by atoms with E-state index >= 15 is 0 Å². The number of anilines is 1. The van der Waals surface area contributed by atoms with Crippen LogP contribution >= 0.6 is 7.37 Å². The summed E-state index contributed by atoms with van der Waals surface area (Å²) in [5.41, 5.74) is 0.801. The van der Waals surface area contributed by atoms with E-state index in [4.69, 9.17) is 0 Å². The number of non-ortho nitro benzene ring substituents is 1. The van der Waals surface area contributed by atoms with E-state index < -0.39 is 28.6 Å². The molecule has 1 N–H and O–H groups in total. The SMILES string of the molecule is CC(=NNc1ccc([N+](=O)[O-])cc1[N+](=O)[O-])P(C)(=O)[O-].[Na+]. The Morgan fingerprint density at radius 3 is 2.29 bits per heavy atom. The number of rotatable bonds is 5. The van der Waals surface area contributed by atoms with Gasteiger partial charge in [-0.2, -0.15) is 5.10 Å². The molecule has 1 unspecified atom stereocenters. The van der Waals surface area contributed by atoms with Gasteiger partial charge in [-0.3, -0.25) is 25.7 Å². The Labute approximate surface area is 141 Å². The molecule has 0 amide bonds. The molecule has 0 fully saturated rings. The number of nitrogens with zero attached hydrogens (tertiary/aromatic N) is 3. The third-order valence-corrected chi connectivity index (χ3v) is 3.59. The van der Waals surface area contributed by atoms with Crippen molar-refractivity contribution in [1.29, 1.82) is 0 Å². The van der Waals surface area contributed by atoms with Crippen LogP contribution in [0.2, 0.25) is 0 Å². The first kappa shape index (κ1) is 19.7. The zero-order valence-electron chi connectivity index (χ0n) is 11.5. The van der Waals surface area contributed by atoms with Gasteiger partial charge in [0.1, 0.15) is 5.69 Å². The summed E-state index contributed by atoms with van der Waals surface area (Å²) in [6, 6.07) is 2.89. The number of nitro benzene ring substituents is 2.